The molecule has 1 aliphatic carbocycles. The molecule has 0 atom stereocenters. The highest BCUT2D eigenvalue weighted by atomic mass is 32.1. The molecule has 2 aromatic heterocycles. The zero-order valence-corrected chi connectivity index (χ0v) is 13.8. The molecule has 2 heterocycles. The van der Waals surface area contributed by atoms with Crippen molar-refractivity contribution in [3.63, 3.8) is 0 Å². The number of thiophene rings is 1. The molecular weight excluding hydrogens is 284 g/mol. The minimum absolute atomic E-state index is 0.0559. The van der Waals surface area contributed by atoms with E-state index < -0.39 is 0 Å². The van der Waals surface area contributed by atoms with Gasteiger partial charge in [0.2, 0.25) is 0 Å². The first kappa shape index (κ1) is 14.6. The zero-order chi connectivity index (χ0) is 15.0. The van der Waals surface area contributed by atoms with Gasteiger partial charge in [-0.15, -0.1) is 11.3 Å². The van der Waals surface area contributed by atoms with Crippen LogP contribution in [-0.4, -0.2) is 16.2 Å². The second kappa shape index (κ2) is 5.79. The number of ether oxygens (including phenoxy) is 1. The quantitative estimate of drug-likeness (QED) is 0.865. The Labute approximate surface area is 128 Å². The van der Waals surface area contributed by atoms with Gasteiger partial charge < -0.3 is 4.74 Å². The van der Waals surface area contributed by atoms with E-state index in [2.05, 4.69) is 11.9 Å². The summed E-state index contributed by atoms with van der Waals surface area (Å²) >= 11 is 1.68. The normalized spacial score (nSPS) is 14.7. The lowest BCUT2D eigenvalue weighted by molar-refractivity contribution is 0.266. The van der Waals surface area contributed by atoms with E-state index in [0.717, 1.165) is 29.5 Å². The largest absolute Gasteiger partial charge is 0.465 e. The summed E-state index contributed by atoms with van der Waals surface area (Å²) in [6.45, 7) is 6.66. The molecular formula is C16H22N2O2S. The smallest absolute Gasteiger partial charge is 0.300 e. The van der Waals surface area contributed by atoms with Gasteiger partial charge in [0.25, 0.3) is 5.56 Å². The predicted octanol–water partition coefficient (Wildman–Crippen LogP) is 3.71. The summed E-state index contributed by atoms with van der Waals surface area (Å²) in [5.41, 5.74) is 1.32. The highest BCUT2D eigenvalue weighted by molar-refractivity contribution is 7.18. The topological polar surface area (TPSA) is 44.1 Å². The molecule has 0 aliphatic heterocycles. The van der Waals surface area contributed by atoms with Crippen LogP contribution in [0.2, 0.25) is 0 Å². The summed E-state index contributed by atoms with van der Waals surface area (Å²) in [6, 6.07) is 0.531. The van der Waals surface area contributed by atoms with Gasteiger partial charge in [0.05, 0.1) is 12.0 Å². The molecule has 4 nitrogen and oxygen atoms in total. The van der Waals surface area contributed by atoms with Gasteiger partial charge in [-0.25, -0.2) is 0 Å². The van der Waals surface area contributed by atoms with Crippen LogP contribution in [0.3, 0.4) is 0 Å². The molecule has 0 N–H and O–H groups in total. The average Bonchev–Trinajstić information content (AvgIpc) is 2.83. The second-order valence-electron chi connectivity index (χ2n) is 5.90. The van der Waals surface area contributed by atoms with Crippen molar-refractivity contribution >= 4 is 21.6 Å². The van der Waals surface area contributed by atoms with Gasteiger partial charge in [-0.05, 0) is 51.5 Å². The fraction of sp³-hybridized carbons (Fsp3) is 0.625. The Kier molecular flexibility index (Phi) is 4.02. The highest BCUT2D eigenvalue weighted by Crippen LogP contribution is 2.34. The van der Waals surface area contributed by atoms with Crippen LogP contribution in [0.4, 0.5) is 0 Å². The minimum atomic E-state index is 0.0559. The molecule has 0 spiro atoms. The van der Waals surface area contributed by atoms with E-state index in [4.69, 9.17) is 4.74 Å². The number of fused-ring (bicyclic) bond motifs is 3. The van der Waals surface area contributed by atoms with E-state index in [1.54, 1.807) is 15.9 Å². The molecule has 1 aliphatic rings. The third-order valence-corrected chi connectivity index (χ3v) is 5.13. The van der Waals surface area contributed by atoms with Crippen LogP contribution < -0.4 is 10.3 Å². The van der Waals surface area contributed by atoms with Crippen molar-refractivity contribution in [2.75, 3.05) is 6.61 Å². The maximum Gasteiger partial charge on any atom is 0.300 e. The van der Waals surface area contributed by atoms with Gasteiger partial charge in [0.1, 0.15) is 4.83 Å². The van der Waals surface area contributed by atoms with E-state index in [1.807, 2.05) is 13.8 Å². The Hall–Kier alpha value is -1.36. The first-order valence-corrected chi connectivity index (χ1v) is 8.64. The molecule has 0 aromatic carbocycles. The van der Waals surface area contributed by atoms with Crippen molar-refractivity contribution in [3.8, 4) is 6.01 Å². The second-order valence-corrected chi connectivity index (χ2v) is 6.99. The molecule has 0 fully saturated rings. The fourth-order valence-corrected chi connectivity index (χ4v) is 4.19. The molecule has 0 unspecified atom stereocenters. The van der Waals surface area contributed by atoms with Crippen molar-refractivity contribution in [2.45, 2.75) is 58.9 Å². The minimum Gasteiger partial charge on any atom is -0.465 e. The van der Waals surface area contributed by atoms with Crippen molar-refractivity contribution in [2.24, 2.45) is 0 Å². The third kappa shape index (κ3) is 2.48. The Morgan fingerprint density at radius 3 is 2.81 bits per heavy atom. The molecule has 21 heavy (non-hydrogen) atoms. The Balaban J connectivity index is 2.24. The van der Waals surface area contributed by atoms with Gasteiger partial charge in [-0.3, -0.25) is 9.36 Å². The molecule has 0 bridgehead atoms. The summed E-state index contributed by atoms with van der Waals surface area (Å²) in [7, 11) is 0. The first-order valence-electron chi connectivity index (χ1n) is 7.83. The average molecular weight is 306 g/mol. The molecule has 5 heteroatoms. The van der Waals surface area contributed by atoms with Crippen LogP contribution in [0.5, 0.6) is 6.01 Å². The van der Waals surface area contributed by atoms with Gasteiger partial charge in [0.15, 0.2) is 0 Å². The maximum absolute atomic E-state index is 12.9. The van der Waals surface area contributed by atoms with Crippen LogP contribution in [0.1, 0.15) is 56.5 Å². The number of rotatable bonds is 4. The number of aryl methyl sites for hydroxylation is 2. The van der Waals surface area contributed by atoms with Gasteiger partial charge in [0, 0.05) is 10.9 Å². The standard InChI is InChI=1S/C16H22N2O2S/c1-4-9-20-16-17-14-13(15(19)18(16)10(2)3)11-7-5-6-8-12(11)21-14/h10H,4-9H2,1-3H3. The Morgan fingerprint density at radius 2 is 2.10 bits per heavy atom. The van der Waals surface area contributed by atoms with Crippen LogP contribution in [-0.2, 0) is 12.8 Å². The van der Waals surface area contributed by atoms with Crippen LogP contribution in [0.15, 0.2) is 4.79 Å². The summed E-state index contributed by atoms with van der Waals surface area (Å²) in [6.07, 6.45) is 5.40. The lowest BCUT2D eigenvalue weighted by Crippen LogP contribution is -2.25. The predicted molar refractivity (Wildman–Crippen MR) is 86.7 cm³/mol. The molecule has 0 saturated heterocycles. The molecule has 0 saturated carbocycles. The van der Waals surface area contributed by atoms with Crippen molar-refractivity contribution in [1.29, 1.82) is 0 Å². The van der Waals surface area contributed by atoms with E-state index >= 15 is 0 Å². The van der Waals surface area contributed by atoms with Gasteiger partial charge in [-0.2, -0.15) is 4.98 Å². The molecule has 3 rings (SSSR count). The van der Waals surface area contributed by atoms with E-state index in [9.17, 15) is 4.79 Å². The summed E-state index contributed by atoms with van der Waals surface area (Å²) in [4.78, 5) is 19.8. The maximum atomic E-state index is 12.9. The van der Waals surface area contributed by atoms with Gasteiger partial charge >= 0.3 is 6.01 Å². The molecule has 0 radical (unpaired) electrons. The van der Waals surface area contributed by atoms with Gasteiger partial charge in [-0.1, -0.05) is 6.92 Å². The number of hydrogen-bond donors (Lipinski definition) is 0. The molecule has 114 valence electrons. The zero-order valence-electron chi connectivity index (χ0n) is 12.9. The van der Waals surface area contributed by atoms with E-state index in [1.165, 1.54) is 23.3 Å². The Bertz CT molecular complexity index is 715. The summed E-state index contributed by atoms with van der Waals surface area (Å²) in [5, 5.41) is 0.840. The lowest BCUT2D eigenvalue weighted by atomic mass is 9.97. The SMILES string of the molecule is CCCOc1nc2sc3c(c2c(=O)n1C(C)C)CCCC3. The lowest BCUT2D eigenvalue weighted by Gasteiger charge is -2.16. The number of aromatic nitrogens is 2. The summed E-state index contributed by atoms with van der Waals surface area (Å²) < 4.78 is 7.44. The van der Waals surface area contributed by atoms with E-state index in [0.29, 0.717) is 12.6 Å². The molecule has 2 aromatic rings. The first-order chi connectivity index (χ1) is 10.1. The van der Waals surface area contributed by atoms with Crippen molar-refractivity contribution in [3.05, 3.63) is 20.8 Å². The van der Waals surface area contributed by atoms with Crippen molar-refractivity contribution < 1.29 is 4.74 Å². The summed E-state index contributed by atoms with van der Waals surface area (Å²) in [5.74, 6) is 0. The Morgan fingerprint density at radius 1 is 1.33 bits per heavy atom. The monoisotopic (exact) mass is 306 g/mol. The van der Waals surface area contributed by atoms with E-state index in [-0.39, 0.29) is 11.6 Å². The van der Waals surface area contributed by atoms with Crippen LogP contribution in [0.25, 0.3) is 10.2 Å². The highest BCUT2D eigenvalue weighted by Gasteiger charge is 2.23. The number of nitrogens with zero attached hydrogens (tertiary/aromatic N) is 2. The third-order valence-electron chi connectivity index (χ3n) is 3.94. The van der Waals surface area contributed by atoms with Crippen molar-refractivity contribution in [1.82, 2.24) is 9.55 Å². The number of hydrogen-bond acceptors (Lipinski definition) is 4. The fourth-order valence-electron chi connectivity index (χ4n) is 2.95. The molecule has 0 amide bonds. The van der Waals surface area contributed by atoms with Crippen LogP contribution in [0, 0.1) is 0 Å². The van der Waals surface area contributed by atoms with Crippen LogP contribution >= 0.6 is 11.3 Å².